The van der Waals surface area contributed by atoms with E-state index in [4.69, 9.17) is 1.37 Å². The highest BCUT2D eigenvalue weighted by molar-refractivity contribution is 6.07. The van der Waals surface area contributed by atoms with Crippen LogP contribution in [0.3, 0.4) is 0 Å². The molecule has 3 aromatic carbocycles. The Balaban J connectivity index is 2.64. The minimum atomic E-state index is 0.601. The molecule has 0 aliphatic heterocycles. The minimum Gasteiger partial charge on any atom is -0.0616 e. The lowest BCUT2D eigenvalue weighted by Gasteiger charge is -2.02. The maximum Gasteiger partial charge on any atom is 0.0629 e. The van der Waals surface area contributed by atoms with Crippen LogP contribution in [0.1, 0.15) is 1.37 Å². The van der Waals surface area contributed by atoms with E-state index in [0.717, 1.165) is 10.8 Å². The number of hydrogen-bond donors (Lipinski definition) is 0. The monoisotopic (exact) mass is 179 g/mol. The van der Waals surface area contributed by atoms with Crippen LogP contribution in [-0.2, 0) is 0 Å². The van der Waals surface area contributed by atoms with E-state index >= 15 is 0 Å². The van der Waals surface area contributed by atoms with Crippen LogP contribution in [0.15, 0.2) is 60.6 Å². The molecule has 0 radical (unpaired) electrons. The van der Waals surface area contributed by atoms with Gasteiger partial charge in [-0.15, -0.1) is 0 Å². The molecule has 0 unspecified atom stereocenters. The summed E-state index contributed by atoms with van der Waals surface area (Å²) in [5.74, 6) is 0. The fraction of sp³-hybridized carbons (Fsp3) is 0. The van der Waals surface area contributed by atoms with Gasteiger partial charge in [-0.3, -0.25) is 0 Å². The molecule has 14 heavy (non-hydrogen) atoms. The SMILES string of the molecule is [2H]c1cccc2ccc3ccccc3c12. The van der Waals surface area contributed by atoms with Gasteiger partial charge in [-0.2, -0.15) is 0 Å². The van der Waals surface area contributed by atoms with Crippen LogP contribution in [0.5, 0.6) is 0 Å². The summed E-state index contributed by atoms with van der Waals surface area (Å²) >= 11 is 0. The Labute approximate surface area is 84.2 Å². The molecule has 3 aromatic rings. The van der Waals surface area contributed by atoms with Crippen molar-refractivity contribution in [2.75, 3.05) is 0 Å². The first-order valence-corrected chi connectivity index (χ1v) is 4.73. The molecule has 0 bridgehead atoms. The van der Waals surface area contributed by atoms with Crippen molar-refractivity contribution in [1.29, 1.82) is 0 Å². The van der Waals surface area contributed by atoms with Crippen molar-refractivity contribution in [3.8, 4) is 0 Å². The van der Waals surface area contributed by atoms with Crippen LogP contribution < -0.4 is 0 Å². The van der Waals surface area contributed by atoms with E-state index in [1.54, 1.807) is 0 Å². The molecule has 0 heteroatoms. The summed E-state index contributed by atoms with van der Waals surface area (Å²) in [6.45, 7) is 0. The van der Waals surface area contributed by atoms with Gasteiger partial charge in [0.05, 0.1) is 1.37 Å². The van der Waals surface area contributed by atoms with E-state index in [2.05, 4.69) is 30.3 Å². The molecule has 0 atom stereocenters. The van der Waals surface area contributed by atoms with Gasteiger partial charge in [-0.05, 0) is 21.5 Å². The molecule has 66 valence electrons. The molecule has 0 N–H and O–H groups in total. The highest BCUT2D eigenvalue weighted by Gasteiger charge is 1.97. The lowest BCUT2D eigenvalue weighted by Crippen LogP contribution is -1.75. The Bertz CT molecular complexity index is 641. The second-order valence-corrected chi connectivity index (χ2v) is 3.42. The molecule has 0 aliphatic carbocycles. The second-order valence-electron chi connectivity index (χ2n) is 3.42. The molecule has 0 spiro atoms. The van der Waals surface area contributed by atoms with E-state index < -0.39 is 0 Å². The van der Waals surface area contributed by atoms with E-state index in [1.165, 1.54) is 10.8 Å². The van der Waals surface area contributed by atoms with Crippen molar-refractivity contribution in [1.82, 2.24) is 0 Å². The number of rotatable bonds is 0. The molecular formula is C14H10. The molecule has 0 aromatic heterocycles. The Hall–Kier alpha value is -1.82. The highest BCUT2D eigenvalue weighted by Crippen LogP contribution is 2.24. The van der Waals surface area contributed by atoms with Crippen molar-refractivity contribution < 1.29 is 1.37 Å². The Morgan fingerprint density at radius 2 is 1.29 bits per heavy atom. The maximum atomic E-state index is 7.95. The first-order chi connectivity index (χ1) is 7.36. The zero-order valence-electron chi connectivity index (χ0n) is 8.70. The van der Waals surface area contributed by atoms with Crippen molar-refractivity contribution in [2.24, 2.45) is 0 Å². The van der Waals surface area contributed by atoms with Crippen molar-refractivity contribution in [2.45, 2.75) is 0 Å². The number of fused-ring (bicyclic) bond motifs is 3. The molecule has 0 aliphatic rings. The van der Waals surface area contributed by atoms with Crippen LogP contribution in [0, 0.1) is 0 Å². The van der Waals surface area contributed by atoms with Crippen LogP contribution >= 0.6 is 0 Å². The third-order valence-corrected chi connectivity index (χ3v) is 2.56. The van der Waals surface area contributed by atoms with Crippen molar-refractivity contribution in [3.05, 3.63) is 60.6 Å². The predicted octanol–water partition coefficient (Wildman–Crippen LogP) is 3.99. The van der Waals surface area contributed by atoms with Crippen molar-refractivity contribution in [3.63, 3.8) is 0 Å². The van der Waals surface area contributed by atoms with Crippen LogP contribution in [0.25, 0.3) is 21.5 Å². The third-order valence-electron chi connectivity index (χ3n) is 2.56. The first kappa shape index (κ1) is 6.61. The third kappa shape index (κ3) is 1.01. The lowest BCUT2D eigenvalue weighted by molar-refractivity contribution is 1.76. The van der Waals surface area contributed by atoms with Gasteiger partial charge in [0, 0.05) is 0 Å². The number of hydrogen-bond acceptors (Lipinski definition) is 0. The quantitative estimate of drug-likeness (QED) is 0.458. The van der Waals surface area contributed by atoms with E-state index in [0.29, 0.717) is 6.04 Å². The van der Waals surface area contributed by atoms with E-state index in [9.17, 15) is 0 Å². The standard InChI is InChI=1S/C14H10/c1-3-7-13-11(5-1)9-10-12-6-2-4-8-14(12)13/h1-10H/i7D. The van der Waals surface area contributed by atoms with Gasteiger partial charge < -0.3 is 0 Å². The second kappa shape index (κ2) is 2.85. The van der Waals surface area contributed by atoms with Crippen molar-refractivity contribution >= 4 is 21.5 Å². The first-order valence-electron chi connectivity index (χ1n) is 5.23. The van der Waals surface area contributed by atoms with E-state index in [-0.39, 0.29) is 0 Å². The highest BCUT2D eigenvalue weighted by atomic mass is 14.0. The van der Waals surface area contributed by atoms with E-state index in [1.807, 2.05) is 24.3 Å². The van der Waals surface area contributed by atoms with Crippen LogP contribution in [0.2, 0.25) is 0 Å². The smallest absolute Gasteiger partial charge is 0.0616 e. The van der Waals surface area contributed by atoms with Crippen LogP contribution in [-0.4, -0.2) is 0 Å². The minimum absolute atomic E-state index is 0.601. The molecule has 0 amide bonds. The van der Waals surface area contributed by atoms with Gasteiger partial charge >= 0.3 is 0 Å². The summed E-state index contributed by atoms with van der Waals surface area (Å²) in [6, 6.07) is 18.8. The predicted molar refractivity (Wildman–Crippen MR) is 61.5 cm³/mol. The van der Waals surface area contributed by atoms with Gasteiger partial charge in [0.1, 0.15) is 0 Å². The fourth-order valence-corrected chi connectivity index (χ4v) is 1.87. The Kier molecular flexibility index (Phi) is 1.34. The van der Waals surface area contributed by atoms with Gasteiger partial charge in [-0.25, -0.2) is 0 Å². The Morgan fingerprint density at radius 1 is 0.643 bits per heavy atom. The summed E-state index contributed by atoms with van der Waals surface area (Å²) in [4.78, 5) is 0. The molecule has 0 fully saturated rings. The lowest BCUT2D eigenvalue weighted by atomic mass is 10.0. The molecule has 0 saturated heterocycles. The molecule has 3 rings (SSSR count). The normalized spacial score (nSPS) is 11.9. The molecular weight excluding hydrogens is 168 g/mol. The largest absolute Gasteiger partial charge is 0.0629 e. The van der Waals surface area contributed by atoms with Gasteiger partial charge in [0.15, 0.2) is 0 Å². The summed E-state index contributed by atoms with van der Waals surface area (Å²) in [7, 11) is 0. The maximum absolute atomic E-state index is 7.95. The number of benzene rings is 3. The summed E-state index contributed by atoms with van der Waals surface area (Å²) in [5.41, 5.74) is 0. The van der Waals surface area contributed by atoms with Gasteiger partial charge in [0.25, 0.3) is 0 Å². The average molecular weight is 179 g/mol. The van der Waals surface area contributed by atoms with Gasteiger partial charge in [-0.1, -0.05) is 60.6 Å². The zero-order valence-corrected chi connectivity index (χ0v) is 7.70. The molecule has 0 heterocycles. The summed E-state index contributed by atoms with van der Waals surface area (Å²) in [5, 5.41) is 4.56. The zero-order chi connectivity index (χ0) is 10.3. The van der Waals surface area contributed by atoms with Gasteiger partial charge in [0.2, 0.25) is 0 Å². The molecule has 0 saturated carbocycles. The fourth-order valence-electron chi connectivity index (χ4n) is 1.87. The average Bonchev–Trinajstić information content (AvgIpc) is 2.29. The summed E-state index contributed by atoms with van der Waals surface area (Å²) < 4.78 is 7.95. The van der Waals surface area contributed by atoms with Crippen LogP contribution in [0.4, 0.5) is 0 Å². The topological polar surface area (TPSA) is 0 Å². The molecule has 0 nitrogen and oxygen atoms in total. The summed E-state index contributed by atoms with van der Waals surface area (Å²) in [6.07, 6.45) is 0. The Morgan fingerprint density at radius 3 is 2.14 bits per heavy atom.